The molecule has 0 spiro atoms. The molecular formula is C21H23F5N4O4S. The first-order valence-electron chi connectivity index (χ1n) is 10.9. The molecule has 3 aliphatic heterocycles. The second kappa shape index (κ2) is 8.47. The summed E-state index contributed by atoms with van der Waals surface area (Å²) in [7, 11) is -3.77. The average Bonchev–Trinajstić information content (AvgIpc) is 3.27. The smallest absolute Gasteiger partial charge is 0.378 e. The van der Waals surface area contributed by atoms with E-state index in [0.717, 1.165) is 22.3 Å². The number of hydrogen-bond donors (Lipinski definition) is 1. The highest BCUT2D eigenvalue weighted by Crippen LogP contribution is 2.43. The zero-order chi connectivity index (χ0) is 25.3. The molecule has 0 amide bonds. The summed E-state index contributed by atoms with van der Waals surface area (Å²) in [4.78, 5) is 1.49. The van der Waals surface area contributed by atoms with E-state index in [1.54, 1.807) is 6.92 Å². The molecule has 3 aliphatic rings. The second-order valence-corrected chi connectivity index (χ2v) is 11.2. The number of fused-ring (bicyclic) bond motifs is 1. The summed E-state index contributed by atoms with van der Waals surface area (Å²) in [6, 6.07) is 0.205. The maximum Gasteiger partial charge on any atom is 0.416 e. The van der Waals surface area contributed by atoms with Gasteiger partial charge in [0.25, 0.3) is 10.0 Å². The molecular weight excluding hydrogens is 499 g/mol. The second-order valence-electron chi connectivity index (χ2n) is 9.11. The van der Waals surface area contributed by atoms with Gasteiger partial charge in [-0.2, -0.15) is 22.4 Å². The van der Waals surface area contributed by atoms with Crippen molar-refractivity contribution in [1.29, 1.82) is 0 Å². The van der Waals surface area contributed by atoms with Crippen molar-refractivity contribution >= 4 is 10.0 Å². The van der Waals surface area contributed by atoms with E-state index in [2.05, 4.69) is 5.10 Å². The highest BCUT2D eigenvalue weighted by molar-refractivity contribution is 7.90. The lowest BCUT2D eigenvalue weighted by atomic mass is 9.89. The van der Waals surface area contributed by atoms with Crippen LogP contribution in [0.5, 0.6) is 0 Å². The lowest BCUT2D eigenvalue weighted by Gasteiger charge is -2.44. The molecule has 1 unspecified atom stereocenters. The number of ether oxygens (including phenoxy) is 2. The first-order valence-corrected chi connectivity index (χ1v) is 12.4. The zero-order valence-electron chi connectivity index (χ0n) is 18.5. The molecule has 1 aromatic carbocycles. The molecule has 0 saturated carbocycles. The summed E-state index contributed by atoms with van der Waals surface area (Å²) in [5.41, 5.74) is 6.97. The molecule has 0 aliphatic carbocycles. The van der Waals surface area contributed by atoms with Crippen molar-refractivity contribution in [2.75, 3.05) is 13.2 Å². The molecule has 2 aromatic rings. The summed E-state index contributed by atoms with van der Waals surface area (Å²) >= 11 is 0. The molecule has 2 fully saturated rings. The fraction of sp³-hybridized carbons (Fsp3) is 0.571. The number of benzene rings is 1. The van der Waals surface area contributed by atoms with Crippen molar-refractivity contribution in [1.82, 2.24) is 14.1 Å². The SMILES string of the molecule is Cc1c2c(nn1S(=O)(=O)C1COC1)CN([C@@H]1CC(N)[C@@H](c3cc(F)ccc3F)O[C@@H]1C(F)(F)F)C2. The van der Waals surface area contributed by atoms with Gasteiger partial charge in [-0.05, 0) is 31.5 Å². The minimum atomic E-state index is -4.81. The van der Waals surface area contributed by atoms with Gasteiger partial charge in [0.05, 0.1) is 24.6 Å². The molecule has 1 aromatic heterocycles. The Bertz CT molecular complexity index is 1250. The van der Waals surface area contributed by atoms with Crippen LogP contribution in [0.25, 0.3) is 0 Å². The Labute approximate surface area is 197 Å². The van der Waals surface area contributed by atoms with Gasteiger partial charge in [-0.25, -0.2) is 17.2 Å². The Hall–Kier alpha value is -2.13. The van der Waals surface area contributed by atoms with E-state index in [-0.39, 0.29) is 38.3 Å². The van der Waals surface area contributed by atoms with Crippen LogP contribution in [-0.4, -0.2) is 65.3 Å². The Morgan fingerprint density at radius 3 is 2.49 bits per heavy atom. The summed E-state index contributed by atoms with van der Waals surface area (Å²) in [5.74, 6) is -1.72. The topological polar surface area (TPSA) is 99.7 Å². The largest absolute Gasteiger partial charge is 0.416 e. The molecule has 4 atom stereocenters. The third-order valence-electron chi connectivity index (χ3n) is 6.87. The van der Waals surface area contributed by atoms with Crippen LogP contribution in [0.1, 0.15) is 35.0 Å². The van der Waals surface area contributed by atoms with E-state index < -0.39 is 57.4 Å². The van der Waals surface area contributed by atoms with Crippen molar-refractivity contribution < 1.29 is 39.8 Å². The minimum absolute atomic E-state index is 0.0180. The number of nitrogens with zero attached hydrogens (tertiary/aromatic N) is 3. The van der Waals surface area contributed by atoms with Gasteiger partial charge in [0.2, 0.25) is 0 Å². The van der Waals surface area contributed by atoms with Gasteiger partial charge in [0.15, 0.2) is 6.10 Å². The maximum atomic E-state index is 14.3. The van der Waals surface area contributed by atoms with E-state index >= 15 is 0 Å². The van der Waals surface area contributed by atoms with Crippen LogP contribution < -0.4 is 5.73 Å². The number of aromatic nitrogens is 2. The number of rotatable bonds is 4. The molecule has 2 N–H and O–H groups in total. The number of alkyl halides is 3. The highest BCUT2D eigenvalue weighted by Gasteiger charge is 2.54. The Morgan fingerprint density at radius 2 is 1.89 bits per heavy atom. The fourth-order valence-electron chi connectivity index (χ4n) is 4.91. The van der Waals surface area contributed by atoms with Crippen LogP contribution >= 0.6 is 0 Å². The van der Waals surface area contributed by atoms with Gasteiger partial charge in [-0.15, -0.1) is 0 Å². The lowest BCUT2D eigenvalue weighted by Crippen LogP contribution is -2.58. The summed E-state index contributed by atoms with van der Waals surface area (Å²) < 4.78 is 107. The van der Waals surface area contributed by atoms with E-state index in [4.69, 9.17) is 15.2 Å². The Kier molecular flexibility index (Phi) is 5.95. The van der Waals surface area contributed by atoms with Crippen LogP contribution in [0.15, 0.2) is 18.2 Å². The molecule has 5 rings (SSSR count). The molecule has 0 radical (unpaired) electrons. The van der Waals surface area contributed by atoms with Crippen molar-refractivity contribution in [3.8, 4) is 0 Å². The van der Waals surface area contributed by atoms with Gasteiger partial charge in [-0.3, -0.25) is 4.90 Å². The molecule has 14 heteroatoms. The van der Waals surface area contributed by atoms with Gasteiger partial charge in [0.1, 0.15) is 23.0 Å². The van der Waals surface area contributed by atoms with Crippen molar-refractivity contribution in [3.63, 3.8) is 0 Å². The number of halogens is 5. The Morgan fingerprint density at radius 1 is 1.17 bits per heavy atom. The Balaban J connectivity index is 1.40. The van der Waals surface area contributed by atoms with Crippen LogP contribution in [0.2, 0.25) is 0 Å². The number of hydrogen-bond acceptors (Lipinski definition) is 7. The normalized spacial score (nSPS) is 28.2. The van der Waals surface area contributed by atoms with Crippen LogP contribution in [0.3, 0.4) is 0 Å². The highest BCUT2D eigenvalue weighted by atomic mass is 32.2. The molecule has 0 bridgehead atoms. The van der Waals surface area contributed by atoms with Crippen LogP contribution in [0, 0.1) is 18.6 Å². The number of nitrogens with two attached hydrogens (primary N) is 1. The lowest BCUT2D eigenvalue weighted by molar-refractivity contribution is -0.269. The van der Waals surface area contributed by atoms with Crippen LogP contribution in [-0.2, 0) is 32.6 Å². The first kappa shape index (κ1) is 24.6. The van der Waals surface area contributed by atoms with Crippen molar-refractivity contribution in [2.45, 2.75) is 62.2 Å². The van der Waals surface area contributed by atoms with E-state index in [9.17, 15) is 30.4 Å². The van der Waals surface area contributed by atoms with Gasteiger partial charge >= 0.3 is 6.18 Å². The van der Waals surface area contributed by atoms with Crippen LogP contribution in [0.4, 0.5) is 22.0 Å². The summed E-state index contributed by atoms with van der Waals surface area (Å²) in [6.45, 7) is 1.67. The van der Waals surface area contributed by atoms with Crippen molar-refractivity contribution in [2.24, 2.45) is 5.73 Å². The molecule has 4 heterocycles. The predicted octanol–water partition coefficient (Wildman–Crippen LogP) is 2.15. The van der Waals surface area contributed by atoms with E-state index in [0.29, 0.717) is 17.0 Å². The zero-order valence-corrected chi connectivity index (χ0v) is 19.3. The predicted molar refractivity (Wildman–Crippen MR) is 112 cm³/mol. The first-order chi connectivity index (χ1) is 16.4. The summed E-state index contributed by atoms with van der Waals surface area (Å²) in [5, 5.41) is 3.48. The molecule has 2 saturated heterocycles. The van der Waals surface area contributed by atoms with Gasteiger partial charge in [-0.1, -0.05) is 0 Å². The standard InChI is InChI=1S/C21H23F5N4O4S/c1-10-14-6-29(7-17(14)28-30(10)35(31,32)12-8-33-9-12)18-5-16(27)19(34-20(18)21(24,25)26)13-4-11(22)2-3-15(13)23/h2-4,12,16,18-20H,5-9,27H2,1H3/t16?,18-,19-,20+/m1/s1. The van der Waals surface area contributed by atoms with Gasteiger partial charge < -0.3 is 15.2 Å². The fourth-order valence-corrected chi connectivity index (χ4v) is 6.43. The van der Waals surface area contributed by atoms with Crippen molar-refractivity contribution in [3.05, 3.63) is 52.3 Å². The molecule has 8 nitrogen and oxygen atoms in total. The minimum Gasteiger partial charge on any atom is -0.378 e. The molecule has 35 heavy (non-hydrogen) atoms. The quantitative estimate of drug-likeness (QED) is 0.615. The summed E-state index contributed by atoms with van der Waals surface area (Å²) in [6.07, 6.45) is -8.82. The van der Waals surface area contributed by atoms with Gasteiger partial charge in [0, 0.05) is 36.3 Å². The van der Waals surface area contributed by atoms with E-state index in [1.807, 2.05) is 0 Å². The monoisotopic (exact) mass is 522 g/mol. The third-order valence-corrected chi connectivity index (χ3v) is 8.82. The van der Waals surface area contributed by atoms with E-state index in [1.165, 1.54) is 4.90 Å². The third kappa shape index (κ3) is 4.14. The molecule has 192 valence electrons. The maximum absolute atomic E-state index is 14.3. The average molecular weight is 522 g/mol.